The highest BCUT2D eigenvalue weighted by atomic mass is 16.5. The third-order valence-electron chi connectivity index (χ3n) is 6.21. The number of nitrogens with zero attached hydrogens (tertiary/aromatic N) is 2. The van der Waals surface area contributed by atoms with Crippen LogP contribution in [0.15, 0.2) is 146 Å². The van der Waals surface area contributed by atoms with Crippen LogP contribution in [0.25, 0.3) is 44.8 Å². The molecule has 0 radical (unpaired) electrons. The van der Waals surface area contributed by atoms with Crippen molar-refractivity contribution in [3.05, 3.63) is 146 Å². The van der Waals surface area contributed by atoms with Crippen molar-refractivity contribution >= 4 is 0 Å². The zero-order chi connectivity index (χ0) is 24.9. The third kappa shape index (κ3) is 5.16. The van der Waals surface area contributed by atoms with Crippen molar-refractivity contribution in [1.29, 1.82) is 0 Å². The highest BCUT2D eigenvalue weighted by Crippen LogP contribution is 2.34. The highest BCUT2D eigenvalue weighted by Gasteiger charge is 2.10. The first-order chi connectivity index (χ1) is 18.3. The third-order valence-corrected chi connectivity index (χ3v) is 6.21. The highest BCUT2D eigenvalue weighted by molar-refractivity contribution is 5.74. The van der Waals surface area contributed by atoms with Gasteiger partial charge in [-0.1, -0.05) is 78.9 Å². The maximum Gasteiger partial charge on any atom is 0.128 e. The van der Waals surface area contributed by atoms with Crippen molar-refractivity contribution in [2.24, 2.45) is 0 Å². The predicted molar refractivity (Wildman–Crippen MR) is 150 cm³/mol. The summed E-state index contributed by atoms with van der Waals surface area (Å²) in [7, 11) is 0. The van der Waals surface area contributed by atoms with Crippen LogP contribution < -0.4 is 4.74 Å². The van der Waals surface area contributed by atoms with Gasteiger partial charge in [0.05, 0.1) is 11.4 Å². The van der Waals surface area contributed by atoms with Crippen molar-refractivity contribution in [3.63, 3.8) is 0 Å². The van der Waals surface area contributed by atoms with Gasteiger partial charge in [-0.15, -0.1) is 0 Å². The molecule has 6 aromatic rings. The molecule has 0 aliphatic rings. The van der Waals surface area contributed by atoms with Gasteiger partial charge in [0.15, 0.2) is 0 Å². The average molecular weight is 477 g/mol. The van der Waals surface area contributed by atoms with Crippen LogP contribution in [0.4, 0.5) is 0 Å². The minimum absolute atomic E-state index is 0.751. The van der Waals surface area contributed by atoms with E-state index in [9.17, 15) is 0 Å². The summed E-state index contributed by atoms with van der Waals surface area (Å²) in [5, 5.41) is 0. The van der Waals surface area contributed by atoms with E-state index in [-0.39, 0.29) is 0 Å². The first-order valence-electron chi connectivity index (χ1n) is 12.2. The summed E-state index contributed by atoms with van der Waals surface area (Å²) in [6.07, 6.45) is 3.67. The van der Waals surface area contributed by atoms with Gasteiger partial charge >= 0.3 is 0 Å². The second kappa shape index (κ2) is 10.3. The monoisotopic (exact) mass is 476 g/mol. The molecular formula is C34H24N2O. The molecule has 0 saturated heterocycles. The van der Waals surface area contributed by atoms with E-state index in [1.807, 2.05) is 97.3 Å². The predicted octanol–water partition coefficient (Wildman–Crippen LogP) is 8.94. The number of ether oxygens (including phenoxy) is 1. The van der Waals surface area contributed by atoms with Crippen LogP contribution in [0.3, 0.4) is 0 Å². The number of aromatic nitrogens is 2. The van der Waals surface area contributed by atoms with Gasteiger partial charge < -0.3 is 4.74 Å². The quantitative estimate of drug-likeness (QED) is 0.241. The lowest BCUT2D eigenvalue weighted by atomic mass is 10.0. The Kier molecular flexibility index (Phi) is 6.25. The van der Waals surface area contributed by atoms with Crippen LogP contribution >= 0.6 is 0 Å². The van der Waals surface area contributed by atoms with Crippen molar-refractivity contribution in [1.82, 2.24) is 9.97 Å². The fourth-order valence-corrected chi connectivity index (χ4v) is 4.39. The van der Waals surface area contributed by atoms with E-state index < -0.39 is 0 Å². The molecule has 0 aliphatic carbocycles. The zero-order valence-corrected chi connectivity index (χ0v) is 20.2. The fraction of sp³-hybridized carbons (Fsp3) is 0. The molecule has 0 bridgehead atoms. The lowest BCUT2D eigenvalue weighted by Crippen LogP contribution is -1.90. The molecule has 0 saturated carbocycles. The zero-order valence-electron chi connectivity index (χ0n) is 20.2. The summed E-state index contributed by atoms with van der Waals surface area (Å²) >= 11 is 0. The van der Waals surface area contributed by atoms with Crippen molar-refractivity contribution < 1.29 is 4.74 Å². The molecule has 0 fully saturated rings. The van der Waals surface area contributed by atoms with Crippen molar-refractivity contribution in [2.75, 3.05) is 0 Å². The topological polar surface area (TPSA) is 35.0 Å². The number of benzene rings is 4. The summed E-state index contributed by atoms with van der Waals surface area (Å²) in [6, 6.07) is 45.1. The Labute approximate surface area is 216 Å². The maximum absolute atomic E-state index is 6.42. The molecule has 3 nitrogen and oxygen atoms in total. The second-order valence-electron chi connectivity index (χ2n) is 8.75. The molecule has 3 heteroatoms. The van der Waals surface area contributed by atoms with Crippen LogP contribution in [-0.4, -0.2) is 9.97 Å². The Morgan fingerprint density at radius 3 is 1.76 bits per heavy atom. The summed E-state index contributed by atoms with van der Waals surface area (Å²) in [4.78, 5) is 9.18. The van der Waals surface area contributed by atoms with Crippen molar-refractivity contribution in [2.45, 2.75) is 0 Å². The average Bonchev–Trinajstić information content (AvgIpc) is 2.99. The number of pyridine rings is 2. The number of hydrogen-bond acceptors (Lipinski definition) is 3. The van der Waals surface area contributed by atoms with Gasteiger partial charge in [-0.25, -0.2) is 0 Å². The first-order valence-corrected chi connectivity index (χ1v) is 12.2. The molecule has 2 heterocycles. The molecule has 4 aromatic carbocycles. The molecule has 0 N–H and O–H groups in total. The summed E-state index contributed by atoms with van der Waals surface area (Å²) < 4.78 is 6.42. The van der Waals surface area contributed by atoms with Crippen molar-refractivity contribution in [3.8, 4) is 56.3 Å². The summed E-state index contributed by atoms with van der Waals surface area (Å²) in [5.74, 6) is 1.51. The van der Waals surface area contributed by atoms with Gasteiger partial charge in [0.1, 0.15) is 11.5 Å². The summed E-state index contributed by atoms with van der Waals surface area (Å²) in [6.45, 7) is 0. The van der Waals surface area contributed by atoms with E-state index >= 15 is 0 Å². The van der Waals surface area contributed by atoms with Gasteiger partial charge in [0, 0.05) is 23.5 Å². The molecule has 2 aromatic heterocycles. The normalized spacial score (nSPS) is 10.7. The molecule has 0 unspecified atom stereocenters. The van der Waals surface area contributed by atoms with E-state index in [1.54, 1.807) is 0 Å². The standard InChI is InChI=1S/C34H24N2O/c1-3-10-25(11-4-1)27-17-19-36-34(24-27)28-14-9-15-31(21-28)37-32-22-29(26-12-5-2-6-13-26)20-30(23-32)33-16-7-8-18-35-33/h1-24H. The van der Waals surface area contributed by atoms with Gasteiger partial charge in [-0.3, -0.25) is 9.97 Å². The van der Waals surface area contributed by atoms with Gasteiger partial charge in [0.25, 0.3) is 0 Å². The van der Waals surface area contributed by atoms with E-state index in [2.05, 4.69) is 58.5 Å². The van der Waals surface area contributed by atoms with Gasteiger partial charge in [-0.2, -0.15) is 0 Å². The fourth-order valence-electron chi connectivity index (χ4n) is 4.39. The molecule has 0 amide bonds. The Morgan fingerprint density at radius 2 is 1.00 bits per heavy atom. The molecule has 176 valence electrons. The number of rotatable bonds is 6. The Morgan fingerprint density at radius 1 is 0.351 bits per heavy atom. The largest absolute Gasteiger partial charge is 0.457 e. The minimum atomic E-state index is 0.751. The van der Waals surface area contributed by atoms with E-state index in [1.165, 1.54) is 5.56 Å². The minimum Gasteiger partial charge on any atom is -0.457 e. The molecule has 0 spiro atoms. The Bertz CT molecular complexity index is 1570. The van der Waals surface area contributed by atoms with Gasteiger partial charge in [0.2, 0.25) is 0 Å². The van der Waals surface area contributed by atoms with E-state index in [0.29, 0.717) is 0 Å². The second-order valence-corrected chi connectivity index (χ2v) is 8.75. The van der Waals surface area contributed by atoms with Crippen LogP contribution in [-0.2, 0) is 0 Å². The molecular weight excluding hydrogens is 452 g/mol. The maximum atomic E-state index is 6.42. The molecule has 37 heavy (non-hydrogen) atoms. The Hall–Kier alpha value is -5.02. The molecule has 6 rings (SSSR count). The summed E-state index contributed by atoms with van der Waals surface area (Å²) in [5.41, 5.74) is 8.31. The first kappa shape index (κ1) is 22.4. The smallest absolute Gasteiger partial charge is 0.128 e. The SMILES string of the molecule is c1ccc(-c2cc(Oc3cccc(-c4cc(-c5ccccc5)ccn4)c3)cc(-c3ccccn3)c2)cc1. The lowest BCUT2D eigenvalue weighted by molar-refractivity contribution is 0.483. The number of hydrogen-bond donors (Lipinski definition) is 0. The molecule has 0 aliphatic heterocycles. The van der Waals surface area contributed by atoms with Crippen LogP contribution in [0, 0.1) is 0 Å². The van der Waals surface area contributed by atoms with Gasteiger partial charge in [-0.05, 0) is 76.9 Å². The lowest BCUT2D eigenvalue weighted by Gasteiger charge is -2.12. The van der Waals surface area contributed by atoms with E-state index in [4.69, 9.17) is 4.74 Å². The van der Waals surface area contributed by atoms with Crippen LogP contribution in [0.2, 0.25) is 0 Å². The van der Waals surface area contributed by atoms with Crippen LogP contribution in [0.1, 0.15) is 0 Å². The van der Waals surface area contributed by atoms with Crippen LogP contribution in [0.5, 0.6) is 11.5 Å². The van der Waals surface area contributed by atoms with E-state index in [0.717, 1.165) is 50.7 Å². The Balaban J connectivity index is 1.35. The molecule has 0 atom stereocenters.